The Morgan fingerprint density at radius 2 is 1.92 bits per heavy atom. The van der Waals surface area contributed by atoms with Crippen molar-refractivity contribution in [3.05, 3.63) is 34.9 Å². The molecule has 138 valence electrons. The number of ether oxygens (including phenoxy) is 1. The van der Waals surface area contributed by atoms with E-state index in [-0.39, 0.29) is 18.4 Å². The minimum Gasteiger partial charge on any atom is -0.379 e. The van der Waals surface area contributed by atoms with Crippen molar-refractivity contribution in [2.75, 3.05) is 52.5 Å². The smallest absolute Gasteiger partial charge is 0.239 e. The fourth-order valence-corrected chi connectivity index (χ4v) is 2.79. The molecule has 1 fully saturated rings. The predicted molar refractivity (Wildman–Crippen MR) is 97.7 cm³/mol. The molecule has 0 atom stereocenters. The van der Waals surface area contributed by atoms with Gasteiger partial charge >= 0.3 is 0 Å². The van der Waals surface area contributed by atoms with Crippen LogP contribution >= 0.6 is 11.6 Å². The van der Waals surface area contributed by atoms with Crippen LogP contribution in [0.4, 0.5) is 0 Å². The number of rotatable bonds is 8. The number of amides is 2. The maximum absolute atomic E-state index is 12.1. The second-order valence-corrected chi connectivity index (χ2v) is 6.56. The Balaban J connectivity index is 1.69. The number of hydrogen-bond donors (Lipinski definition) is 1. The van der Waals surface area contributed by atoms with Gasteiger partial charge in [-0.2, -0.15) is 0 Å². The molecule has 0 spiro atoms. The van der Waals surface area contributed by atoms with E-state index >= 15 is 0 Å². The number of nitrogens with zero attached hydrogens (tertiary/aromatic N) is 2. The second-order valence-electron chi connectivity index (χ2n) is 6.12. The normalized spacial score (nSPS) is 15.0. The summed E-state index contributed by atoms with van der Waals surface area (Å²) in [5, 5.41) is 3.57. The van der Waals surface area contributed by atoms with Gasteiger partial charge in [0.05, 0.1) is 19.8 Å². The van der Waals surface area contributed by atoms with E-state index < -0.39 is 0 Å². The van der Waals surface area contributed by atoms with Crippen LogP contribution < -0.4 is 5.32 Å². The molecule has 0 aromatic heterocycles. The molecule has 25 heavy (non-hydrogen) atoms. The molecule has 6 nitrogen and oxygen atoms in total. The lowest BCUT2D eigenvalue weighted by Gasteiger charge is -2.29. The minimum atomic E-state index is -0.133. The highest BCUT2D eigenvalue weighted by Gasteiger charge is 2.16. The molecular formula is C18H26ClN3O3. The molecule has 1 aliphatic heterocycles. The summed E-state index contributed by atoms with van der Waals surface area (Å²) in [6.45, 7) is 6.66. The summed E-state index contributed by atoms with van der Waals surface area (Å²) >= 11 is 5.85. The summed E-state index contributed by atoms with van der Waals surface area (Å²) in [6, 6.07) is 7.56. The van der Waals surface area contributed by atoms with Crippen molar-refractivity contribution in [3.8, 4) is 0 Å². The highest BCUT2D eigenvalue weighted by atomic mass is 35.5. The van der Waals surface area contributed by atoms with E-state index in [0.717, 1.165) is 44.8 Å². The molecule has 1 saturated heterocycles. The lowest BCUT2D eigenvalue weighted by atomic mass is 10.1. The number of carbonyl (C=O) groups excluding carboxylic acids is 2. The maximum atomic E-state index is 12.1. The van der Waals surface area contributed by atoms with Crippen LogP contribution in [0.15, 0.2) is 24.3 Å². The summed E-state index contributed by atoms with van der Waals surface area (Å²) < 4.78 is 5.31. The Labute approximate surface area is 154 Å². The number of hydrogen-bond acceptors (Lipinski definition) is 4. The van der Waals surface area contributed by atoms with Gasteiger partial charge in [-0.05, 0) is 24.1 Å². The van der Waals surface area contributed by atoms with Gasteiger partial charge < -0.3 is 15.0 Å². The topological polar surface area (TPSA) is 61.9 Å². The summed E-state index contributed by atoms with van der Waals surface area (Å²) in [7, 11) is 0. The second kappa shape index (κ2) is 10.4. The first-order valence-corrected chi connectivity index (χ1v) is 8.99. The molecule has 1 aromatic carbocycles. The average molecular weight is 368 g/mol. The van der Waals surface area contributed by atoms with Gasteiger partial charge in [0, 0.05) is 44.7 Å². The average Bonchev–Trinajstić information content (AvgIpc) is 2.61. The Morgan fingerprint density at radius 1 is 1.24 bits per heavy atom. The fourth-order valence-electron chi connectivity index (χ4n) is 2.66. The fraction of sp³-hybridized carbons (Fsp3) is 0.556. The van der Waals surface area contributed by atoms with Gasteiger partial charge in [0.25, 0.3) is 0 Å². The Bertz CT molecular complexity index is 559. The number of nitrogens with one attached hydrogen (secondary N) is 1. The highest BCUT2D eigenvalue weighted by molar-refractivity contribution is 6.30. The van der Waals surface area contributed by atoms with Gasteiger partial charge in [-0.3, -0.25) is 14.5 Å². The van der Waals surface area contributed by atoms with Crippen LogP contribution in [0.5, 0.6) is 0 Å². The van der Waals surface area contributed by atoms with Crippen molar-refractivity contribution in [2.24, 2.45) is 0 Å². The first-order valence-electron chi connectivity index (χ1n) is 8.61. The van der Waals surface area contributed by atoms with Crippen LogP contribution in [0, 0.1) is 0 Å². The van der Waals surface area contributed by atoms with E-state index in [1.54, 1.807) is 4.90 Å². The molecule has 0 aliphatic carbocycles. The summed E-state index contributed by atoms with van der Waals surface area (Å²) in [5.41, 5.74) is 1.11. The van der Waals surface area contributed by atoms with Gasteiger partial charge in [0.1, 0.15) is 0 Å². The summed E-state index contributed by atoms with van der Waals surface area (Å²) in [6.07, 6.45) is 0.733. The van der Waals surface area contributed by atoms with E-state index in [2.05, 4.69) is 10.2 Å². The van der Waals surface area contributed by atoms with Crippen molar-refractivity contribution >= 4 is 23.4 Å². The molecule has 2 rings (SSSR count). The van der Waals surface area contributed by atoms with Crippen LogP contribution in [-0.2, 0) is 20.7 Å². The lowest BCUT2D eigenvalue weighted by molar-refractivity contribution is -0.134. The largest absolute Gasteiger partial charge is 0.379 e. The predicted octanol–water partition coefficient (Wildman–Crippen LogP) is 1.18. The highest BCUT2D eigenvalue weighted by Crippen LogP contribution is 2.09. The number of morpholine rings is 1. The monoisotopic (exact) mass is 367 g/mol. The van der Waals surface area contributed by atoms with Gasteiger partial charge in [-0.25, -0.2) is 0 Å². The zero-order valence-electron chi connectivity index (χ0n) is 14.7. The molecule has 0 bridgehead atoms. The quantitative estimate of drug-likeness (QED) is 0.749. The van der Waals surface area contributed by atoms with E-state index in [1.165, 1.54) is 6.92 Å². The molecule has 1 aliphatic rings. The van der Waals surface area contributed by atoms with E-state index in [1.807, 2.05) is 24.3 Å². The van der Waals surface area contributed by atoms with Gasteiger partial charge in [0.15, 0.2) is 0 Å². The first kappa shape index (κ1) is 19.7. The number of carbonyl (C=O) groups is 2. The summed E-state index contributed by atoms with van der Waals surface area (Å²) in [4.78, 5) is 27.7. The van der Waals surface area contributed by atoms with Gasteiger partial charge in [-0.1, -0.05) is 23.7 Å². The van der Waals surface area contributed by atoms with Crippen LogP contribution in [-0.4, -0.2) is 74.1 Å². The molecule has 0 unspecified atom stereocenters. The molecule has 1 aromatic rings. The molecule has 0 saturated carbocycles. The van der Waals surface area contributed by atoms with Crippen LogP contribution in [0.1, 0.15) is 12.5 Å². The molecular weight excluding hydrogens is 342 g/mol. The Hall–Kier alpha value is -1.63. The third-order valence-corrected chi connectivity index (χ3v) is 4.47. The zero-order chi connectivity index (χ0) is 18.1. The first-order chi connectivity index (χ1) is 12.0. The minimum absolute atomic E-state index is 0.0823. The van der Waals surface area contributed by atoms with Gasteiger partial charge in [-0.15, -0.1) is 0 Å². The third kappa shape index (κ3) is 7.42. The SMILES string of the molecule is CC(=O)N(CCN1CCOCC1)CC(=O)NCCc1ccc(Cl)cc1. The zero-order valence-corrected chi connectivity index (χ0v) is 15.4. The maximum Gasteiger partial charge on any atom is 0.239 e. The summed E-state index contributed by atoms with van der Waals surface area (Å²) in [5.74, 6) is -0.216. The van der Waals surface area contributed by atoms with Gasteiger partial charge in [0.2, 0.25) is 11.8 Å². The Morgan fingerprint density at radius 3 is 2.56 bits per heavy atom. The van der Waals surface area contributed by atoms with Crippen LogP contribution in [0.2, 0.25) is 5.02 Å². The van der Waals surface area contributed by atoms with E-state index in [9.17, 15) is 9.59 Å². The molecule has 7 heteroatoms. The van der Waals surface area contributed by atoms with E-state index in [4.69, 9.17) is 16.3 Å². The van der Waals surface area contributed by atoms with E-state index in [0.29, 0.717) is 18.1 Å². The molecule has 1 N–H and O–H groups in total. The molecule has 1 heterocycles. The van der Waals surface area contributed by atoms with Crippen molar-refractivity contribution in [3.63, 3.8) is 0 Å². The third-order valence-electron chi connectivity index (χ3n) is 4.22. The Kier molecular flexibility index (Phi) is 8.18. The number of halogens is 1. The lowest BCUT2D eigenvalue weighted by Crippen LogP contribution is -2.45. The van der Waals surface area contributed by atoms with Crippen LogP contribution in [0.3, 0.4) is 0 Å². The van der Waals surface area contributed by atoms with Crippen molar-refractivity contribution in [2.45, 2.75) is 13.3 Å². The standard InChI is InChI=1S/C18H26ClN3O3/c1-15(23)22(9-8-21-10-12-25-13-11-21)14-18(24)20-7-6-16-2-4-17(19)5-3-16/h2-5H,6-14H2,1H3,(H,20,24). The molecule has 2 amide bonds. The van der Waals surface area contributed by atoms with Crippen molar-refractivity contribution < 1.29 is 14.3 Å². The van der Waals surface area contributed by atoms with Crippen molar-refractivity contribution in [1.82, 2.24) is 15.1 Å². The molecule has 0 radical (unpaired) electrons. The number of benzene rings is 1. The van der Waals surface area contributed by atoms with Crippen LogP contribution in [0.25, 0.3) is 0 Å². The van der Waals surface area contributed by atoms with Crippen molar-refractivity contribution in [1.29, 1.82) is 0 Å².